The average Bonchev–Trinajstić information content (AvgIpc) is 3.17. The number of hydrogen-bond acceptors (Lipinski definition) is 7. The number of carbonyl (C=O) groups excluding carboxylic acids is 1. The summed E-state index contributed by atoms with van der Waals surface area (Å²) in [6, 6.07) is 1.58. The van der Waals surface area contributed by atoms with E-state index in [0.717, 1.165) is 5.56 Å². The lowest BCUT2D eigenvalue weighted by atomic mass is 10.1. The van der Waals surface area contributed by atoms with Crippen molar-refractivity contribution >= 4 is 33.5 Å². The van der Waals surface area contributed by atoms with Crippen molar-refractivity contribution in [2.45, 2.75) is 25.4 Å². The predicted molar refractivity (Wildman–Crippen MR) is 103 cm³/mol. The maximum atomic E-state index is 12.7. The van der Waals surface area contributed by atoms with Crippen LogP contribution in [0.25, 0.3) is 0 Å². The molecule has 0 aromatic carbocycles. The van der Waals surface area contributed by atoms with Gasteiger partial charge in [0.05, 0.1) is 24.8 Å². The summed E-state index contributed by atoms with van der Waals surface area (Å²) in [6.45, 7) is 1.35. The number of urea groups is 1. The lowest BCUT2D eigenvalue weighted by Gasteiger charge is -2.34. The molecular formula is C17H22N6O4S. The molecule has 0 atom stereocenters. The minimum Gasteiger partial charge on any atom is -0.470 e. The zero-order valence-corrected chi connectivity index (χ0v) is 16.5. The first kappa shape index (κ1) is 18.7. The molecule has 0 saturated carbocycles. The number of piperidine rings is 1. The Morgan fingerprint density at radius 2 is 2.04 bits per heavy atom. The molecule has 10 nitrogen and oxygen atoms in total. The molecule has 0 unspecified atom stereocenters. The Bertz CT molecular complexity index is 970. The molecule has 2 aromatic rings. The molecule has 28 heavy (non-hydrogen) atoms. The highest BCUT2D eigenvalue weighted by Gasteiger charge is 2.32. The fraction of sp³-hybridized carbons (Fsp3) is 0.471. The van der Waals surface area contributed by atoms with Gasteiger partial charge in [0, 0.05) is 44.0 Å². The SMILES string of the molecule is CN1Cc2cnc(NC3CCN(S(C)(=O)=O)CC3)nc2N(c2ccoc2)C1=O. The van der Waals surface area contributed by atoms with Crippen molar-refractivity contribution in [2.24, 2.45) is 0 Å². The largest absolute Gasteiger partial charge is 0.470 e. The van der Waals surface area contributed by atoms with Crippen LogP contribution in [0.3, 0.4) is 0 Å². The minimum atomic E-state index is -3.16. The van der Waals surface area contributed by atoms with E-state index in [9.17, 15) is 13.2 Å². The Hall–Kier alpha value is -2.66. The summed E-state index contributed by atoms with van der Waals surface area (Å²) >= 11 is 0. The maximum absolute atomic E-state index is 12.7. The van der Waals surface area contributed by atoms with E-state index >= 15 is 0 Å². The van der Waals surface area contributed by atoms with Gasteiger partial charge in [-0.3, -0.25) is 0 Å². The van der Waals surface area contributed by atoms with Crippen molar-refractivity contribution in [1.29, 1.82) is 0 Å². The van der Waals surface area contributed by atoms with E-state index in [1.807, 2.05) is 0 Å². The Morgan fingerprint density at radius 3 is 2.68 bits per heavy atom. The molecule has 2 aliphatic rings. The van der Waals surface area contributed by atoms with Crippen molar-refractivity contribution in [3.8, 4) is 0 Å². The third-order valence-electron chi connectivity index (χ3n) is 5.00. The molecule has 4 heterocycles. The highest BCUT2D eigenvalue weighted by molar-refractivity contribution is 7.88. The average molecular weight is 406 g/mol. The normalized spacial score (nSPS) is 19.0. The van der Waals surface area contributed by atoms with Crippen molar-refractivity contribution in [3.63, 3.8) is 0 Å². The van der Waals surface area contributed by atoms with Gasteiger partial charge in [-0.15, -0.1) is 0 Å². The second kappa shape index (κ2) is 7.06. The van der Waals surface area contributed by atoms with Gasteiger partial charge in [0.15, 0.2) is 5.82 Å². The van der Waals surface area contributed by atoms with Crippen LogP contribution in [0.2, 0.25) is 0 Å². The summed E-state index contributed by atoms with van der Waals surface area (Å²) in [5, 5.41) is 3.28. The first-order valence-electron chi connectivity index (χ1n) is 8.98. The zero-order valence-electron chi connectivity index (χ0n) is 15.7. The quantitative estimate of drug-likeness (QED) is 0.821. The number of aromatic nitrogens is 2. The smallest absolute Gasteiger partial charge is 0.330 e. The third-order valence-corrected chi connectivity index (χ3v) is 6.30. The van der Waals surface area contributed by atoms with Crippen LogP contribution in [0.5, 0.6) is 0 Å². The van der Waals surface area contributed by atoms with Crippen molar-refractivity contribution in [2.75, 3.05) is 36.6 Å². The molecule has 11 heteroatoms. The van der Waals surface area contributed by atoms with E-state index in [0.29, 0.717) is 49.9 Å². The molecule has 0 bridgehead atoms. The number of amides is 2. The molecule has 0 radical (unpaired) electrons. The van der Waals surface area contributed by atoms with Crippen LogP contribution < -0.4 is 10.2 Å². The number of hydrogen-bond donors (Lipinski definition) is 1. The molecule has 0 aliphatic carbocycles. The summed E-state index contributed by atoms with van der Waals surface area (Å²) in [4.78, 5) is 24.7. The lowest BCUT2D eigenvalue weighted by Crippen LogP contribution is -2.43. The summed E-state index contributed by atoms with van der Waals surface area (Å²) in [7, 11) is -1.44. The van der Waals surface area contributed by atoms with Gasteiger partial charge in [-0.05, 0) is 12.8 Å². The number of rotatable bonds is 4. The molecule has 0 spiro atoms. The lowest BCUT2D eigenvalue weighted by molar-refractivity contribution is 0.213. The Morgan fingerprint density at radius 1 is 1.29 bits per heavy atom. The molecule has 2 amide bonds. The van der Waals surface area contributed by atoms with Crippen LogP contribution in [0.4, 0.5) is 22.2 Å². The van der Waals surface area contributed by atoms with E-state index in [1.165, 1.54) is 28.0 Å². The second-order valence-corrected chi connectivity index (χ2v) is 9.06. The summed E-state index contributed by atoms with van der Waals surface area (Å²) in [5.41, 5.74) is 1.43. The zero-order chi connectivity index (χ0) is 19.9. The van der Waals surface area contributed by atoms with Crippen LogP contribution in [0.1, 0.15) is 18.4 Å². The van der Waals surface area contributed by atoms with E-state index in [4.69, 9.17) is 4.42 Å². The van der Waals surface area contributed by atoms with Crippen LogP contribution in [0.15, 0.2) is 29.2 Å². The number of fused-ring (bicyclic) bond motifs is 1. The van der Waals surface area contributed by atoms with E-state index in [-0.39, 0.29) is 12.1 Å². The number of furan rings is 1. The van der Waals surface area contributed by atoms with Crippen LogP contribution in [-0.2, 0) is 16.6 Å². The number of nitrogens with zero attached hydrogens (tertiary/aromatic N) is 5. The predicted octanol–water partition coefficient (Wildman–Crippen LogP) is 1.61. The highest BCUT2D eigenvalue weighted by Crippen LogP contribution is 2.33. The summed E-state index contributed by atoms with van der Waals surface area (Å²) in [6.07, 6.45) is 7.28. The minimum absolute atomic E-state index is 0.0698. The van der Waals surface area contributed by atoms with E-state index in [2.05, 4.69) is 15.3 Å². The van der Waals surface area contributed by atoms with Crippen LogP contribution >= 0.6 is 0 Å². The van der Waals surface area contributed by atoms with Gasteiger partial charge in [-0.1, -0.05) is 0 Å². The van der Waals surface area contributed by atoms with Crippen molar-refractivity contribution < 1.29 is 17.6 Å². The standard InChI is InChI=1S/C17H22N6O4S/c1-21-10-12-9-18-16(19-13-3-6-22(7-4-13)28(2,25)26)20-15(12)23(17(21)24)14-5-8-27-11-14/h5,8-9,11,13H,3-4,6-7,10H2,1-2H3,(H,18,19,20). The summed E-state index contributed by atoms with van der Waals surface area (Å²) in [5.74, 6) is 0.943. The monoisotopic (exact) mass is 406 g/mol. The molecule has 2 aliphatic heterocycles. The van der Waals surface area contributed by atoms with Gasteiger partial charge in [0.25, 0.3) is 0 Å². The molecule has 2 aromatic heterocycles. The van der Waals surface area contributed by atoms with Gasteiger partial charge >= 0.3 is 6.03 Å². The number of carbonyl (C=O) groups is 1. The van der Waals surface area contributed by atoms with Crippen LogP contribution in [0, 0.1) is 0 Å². The third kappa shape index (κ3) is 3.54. The first-order valence-corrected chi connectivity index (χ1v) is 10.8. The molecular weight excluding hydrogens is 384 g/mol. The molecule has 1 fully saturated rings. The van der Waals surface area contributed by atoms with E-state index < -0.39 is 10.0 Å². The Labute approximate surface area is 163 Å². The van der Waals surface area contributed by atoms with Crippen molar-refractivity contribution in [1.82, 2.24) is 19.2 Å². The Balaban J connectivity index is 1.55. The van der Waals surface area contributed by atoms with Crippen LogP contribution in [-0.4, -0.2) is 66.1 Å². The highest BCUT2D eigenvalue weighted by atomic mass is 32.2. The number of nitrogens with one attached hydrogen (secondary N) is 1. The van der Waals surface area contributed by atoms with Crippen molar-refractivity contribution in [3.05, 3.63) is 30.4 Å². The van der Waals surface area contributed by atoms with Gasteiger partial charge in [-0.25, -0.2) is 27.4 Å². The fourth-order valence-electron chi connectivity index (χ4n) is 3.49. The second-order valence-electron chi connectivity index (χ2n) is 7.08. The Kier molecular flexibility index (Phi) is 4.71. The van der Waals surface area contributed by atoms with Gasteiger partial charge in [-0.2, -0.15) is 4.98 Å². The maximum Gasteiger partial charge on any atom is 0.330 e. The van der Waals surface area contributed by atoms with Gasteiger partial charge in [0.1, 0.15) is 6.26 Å². The fourth-order valence-corrected chi connectivity index (χ4v) is 4.36. The molecule has 1 saturated heterocycles. The topological polar surface area (TPSA) is 112 Å². The number of sulfonamides is 1. The molecule has 4 rings (SSSR count). The molecule has 1 N–H and O–H groups in total. The first-order chi connectivity index (χ1) is 13.3. The van der Waals surface area contributed by atoms with Gasteiger partial charge < -0.3 is 14.6 Å². The van der Waals surface area contributed by atoms with Gasteiger partial charge in [0.2, 0.25) is 16.0 Å². The number of anilines is 3. The van der Waals surface area contributed by atoms with E-state index in [1.54, 1.807) is 24.2 Å². The summed E-state index contributed by atoms with van der Waals surface area (Å²) < 4.78 is 29.9. The molecule has 150 valence electrons.